The second-order valence-corrected chi connectivity index (χ2v) is 7.48. The van der Waals surface area contributed by atoms with E-state index < -0.39 is 0 Å². The van der Waals surface area contributed by atoms with Crippen LogP contribution in [0.5, 0.6) is 5.75 Å². The van der Waals surface area contributed by atoms with Gasteiger partial charge < -0.3 is 19.1 Å². The molecule has 0 bridgehead atoms. The first-order valence-corrected chi connectivity index (χ1v) is 10.00. The van der Waals surface area contributed by atoms with E-state index in [4.69, 9.17) is 4.74 Å². The third-order valence-electron chi connectivity index (χ3n) is 5.74. The zero-order valence-electron chi connectivity index (χ0n) is 16.5. The lowest BCUT2D eigenvalue weighted by molar-refractivity contribution is -0.142. The van der Waals surface area contributed by atoms with Crippen LogP contribution < -0.4 is 4.74 Å². The van der Waals surface area contributed by atoms with E-state index in [1.165, 1.54) is 0 Å². The fraction of sp³-hybridized carbons (Fsp3) is 0.455. The van der Waals surface area contributed by atoms with Gasteiger partial charge in [0.05, 0.1) is 13.7 Å². The van der Waals surface area contributed by atoms with Gasteiger partial charge in [-0.3, -0.25) is 9.59 Å². The van der Waals surface area contributed by atoms with Gasteiger partial charge >= 0.3 is 0 Å². The van der Waals surface area contributed by atoms with Crippen molar-refractivity contribution in [3.8, 4) is 5.75 Å². The molecule has 1 aromatic heterocycles. The summed E-state index contributed by atoms with van der Waals surface area (Å²) in [6.07, 6.45) is 3.95. The zero-order chi connectivity index (χ0) is 19.7. The summed E-state index contributed by atoms with van der Waals surface area (Å²) in [5.41, 5.74) is 2.04. The SMILES string of the molecule is CCN(CC(=O)N1CCn2cccc2C1c1ccccc1OC)C(=O)C1CC1. The van der Waals surface area contributed by atoms with Gasteiger partial charge in [-0.1, -0.05) is 18.2 Å². The molecule has 1 unspecified atom stereocenters. The Kier molecular flexibility index (Phi) is 5.11. The second kappa shape index (κ2) is 7.70. The average molecular weight is 381 g/mol. The molecule has 28 heavy (non-hydrogen) atoms. The first-order valence-electron chi connectivity index (χ1n) is 10.00. The van der Waals surface area contributed by atoms with Gasteiger partial charge in [0.1, 0.15) is 11.8 Å². The van der Waals surface area contributed by atoms with Crippen molar-refractivity contribution in [3.63, 3.8) is 0 Å². The maximum absolute atomic E-state index is 13.3. The van der Waals surface area contributed by atoms with Crippen LogP contribution in [0.2, 0.25) is 0 Å². The van der Waals surface area contributed by atoms with Gasteiger partial charge in [0.25, 0.3) is 0 Å². The van der Waals surface area contributed by atoms with Crippen LogP contribution in [-0.2, 0) is 16.1 Å². The minimum absolute atomic E-state index is 0.0146. The van der Waals surface area contributed by atoms with Gasteiger partial charge in [-0.05, 0) is 38.0 Å². The quantitative estimate of drug-likeness (QED) is 0.773. The fourth-order valence-electron chi connectivity index (χ4n) is 4.06. The number of likely N-dealkylation sites (N-methyl/N-ethyl adjacent to an activating group) is 1. The largest absolute Gasteiger partial charge is 0.496 e. The molecule has 0 N–H and O–H groups in total. The van der Waals surface area contributed by atoms with Gasteiger partial charge in [-0.25, -0.2) is 0 Å². The standard InChI is InChI=1S/C22H27N3O3/c1-3-23(22(27)16-10-11-16)15-20(26)25-14-13-24-12-6-8-18(24)21(25)17-7-4-5-9-19(17)28-2/h4-9,12,16,21H,3,10-11,13-15H2,1-2H3. The molecule has 0 saturated heterocycles. The van der Waals surface area contributed by atoms with Crippen LogP contribution in [0.3, 0.4) is 0 Å². The first kappa shape index (κ1) is 18.6. The number of amides is 2. The number of methoxy groups -OCH3 is 1. The van der Waals surface area contributed by atoms with Gasteiger partial charge in [0, 0.05) is 43.0 Å². The molecular weight excluding hydrogens is 354 g/mol. The molecule has 2 amide bonds. The smallest absolute Gasteiger partial charge is 0.243 e. The van der Waals surface area contributed by atoms with Crippen LogP contribution in [0.15, 0.2) is 42.6 Å². The Hall–Kier alpha value is -2.76. The molecule has 2 heterocycles. The Labute approximate surface area is 165 Å². The molecule has 1 aliphatic carbocycles. The zero-order valence-corrected chi connectivity index (χ0v) is 16.5. The van der Waals surface area contributed by atoms with Crippen molar-refractivity contribution in [2.45, 2.75) is 32.4 Å². The number of fused-ring (bicyclic) bond motifs is 1. The summed E-state index contributed by atoms with van der Waals surface area (Å²) in [5.74, 6) is 0.988. The van der Waals surface area contributed by atoms with Crippen molar-refractivity contribution in [2.24, 2.45) is 5.92 Å². The van der Waals surface area contributed by atoms with E-state index in [1.807, 2.05) is 42.2 Å². The third-order valence-corrected chi connectivity index (χ3v) is 5.74. The molecule has 6 nitrogen and oxygen atoms in total. The molecule has 1 saturated carbocycles. The van der Waals surface area contributed by atoms with E-state index in [2.05, 4.69) is 16.8 Å². The predicted octanol–water partition coefficient (Wildman–Crippen LogP) is 2.69. The lowest BCUT2D eigenvalue weighted by atomic mass is 9.98. The van der Waals surface area contributed by atoms with Crippen molar-refractivity contribution < 1.29 is 14.3 Å². The van der Waals surface area contributed by atoms with Crippen LogP contribution in [0.25, 0.3) is 0 Å². The lowest BCUT2D eigenvalue weighted by Crippen LogP contribution is -2.48. The number of hydrogen-bond donors (Lipinski definition) is 0. The number of rotatable bonds is 6. The summed E-state index contributed by atoms with van der Waals surface area (Å²) in [4.78, 5) is 29.4. The highest BCUT2D eigenvalue weighted by molar-refractivity contribution is 5.87. The second-order valence-electron chi connectivity index (χ2n) is 7.48. The van der Waals surface area contributed by atoms with Crippen LogP contribution in [0, 0.1) is 5.92 Å². The molecule has 0 spiro atoms. The van der Waals surface area contributed by atoms with E-state index in [1.54, 1.807) is 12.0 Å². The van der Waals surface area contributed by atoms with Crippen LogP contribution in [0.4, 0.5) is 0 Å². The summed E-state index contributed by atoms with van der Waals surface area (Å²) >= 11 is 0. The molecule has 1 aromatic carbocycles. The van der Waals surface area contributed by atoms with E-state index in [0.717, 1.165) is 36.4 Å². The molecule has 1 fully saturated rings. The Morgan fingerprint density at radius 1 is 1.14 bits per heavy atom. The summed E-state index contributed by atoms with van der Waals surface area (Å²) in [7, 11) is 1.65. The van der Waals surface area contributed by atoms with Crippen molar-refractivity contribution in [1.82, 2.24) is 14.4 Å². The maximum atomic E-state index is 13.3. The maximum Gasteiger partial charge on any atom is 0.243 e. The first-order chi connectivity index (χ1) is 13.6. The number of nitrogens with zero attached hydrogens (tertiary/aromatic N) is 3. The highest BCUT2D eigenvalue weighted by atomic mass is 16.5. The van der Waals surface area contributed by atoms with Crippen LogP contribution in [0.1, 0.15) is 37.1 Å². The Morgan fingerprint density at radius 3 is 2.64 bits per heavy atom. The monoisotopic (exact) mass is 381 g/mol. The molecule has 2 aliphatic rings. The van der Waals surface area contributed by atoms with E-state index in [9.17, 15) is 9.59 Å². The number of carbonyl (C=O) groups is 2. The van der Waals surface area contributed by atoms with Gasteiger partial charge in [0.2, 0.25) is 11.8 Å². The van der Waals surface area contributed by atoms with Gasteiger partial charge in [-0.2, -0.15) is 0 Å². The molecule has 0 radical (unpaired) electrons. The number of hydrogen-bond acceptors (Lipinski definition) is 3. The average Bonchev–Trinajstić information content (AvgIpc) is 3.47. The Bertz CT molecular complexity index is 871. The number of ether oxygens (including phenoxy) is 1. The topological polar surface area (TPSA) is 54.8 Å². The lowest BCUT2D eigenvalue weighted by Gasteiger charge is -2.38. The van der Waals surface area contributed by atoms with Crippen LogP contribution in [-0.4, -0.2) is 52.9 Å². The van der Waals surface area contributed by atoms with Crippen molar-refractivity contribution >= 4 is 11.8 Å². The number of aromatic nitrogens is 1. The highest BCUT2D eigenvalue weighted by Gasteiger charge is 2.37. The molecule has 1 aliphatic heterocycles. The predicted molar refractivity (Wildman–Crippen MR) is 106 cm³/mol. The Morgan fingerprint density at radius 2 is 1.93 bits per heavy atom. The van der Waals surface area contributed by atoms with Crippen molar-refractivity contribution in [2.75, 3.05) is 26.7 Å². The van der Waals surface area contributed by atoms with Crippen LogP contribution >= 0.6 is 0 Å². The molecule has 2 aromatic rings. The third kappa shape index (κ3) is 3.39. The summed E-state index contributed by atoms with van der Waals surface area (Å²) in [5, 5.41) is 0. The number of para-hydroxylation sites is 1. The molecular formula is C22H27N3O3. The normalized spacial score (nSPS) is 18.5. The van der Waals surface area contributed by atoms with E-state index in [-0.39, 0.29) is 30.3 Å². The summed E-state index contributed by atoms with van der Waals surface area (Å²) in [6, 6.07) is 11.7. The summed E-state index contributed by atoms with van der Waals surface area (Å²) < 4.78 is 7.78. The van der Waals surface area contributed by atoms with E-state index in [0.29, 0.717) is 13.1 Å². The van der Waals surface area contributed by atoms with E-state index >= 15 is 0 Å². The van der Waals surface area contributed by atoms with Gasteiger partial charge in [-0.15, -0.1) is 0 Å². The molecule has 148 valence electrons. The Balaban J connectivity index is 1.64. The minimum Gasteiger partial charge on any atom is -0.496 e. The molecule has 1 atom stereocenters. The number of benzene rings is 1. The highest BCUT2D eigenvalue weighted by Crippen LogP contribution is 2.37. The molecule has 6 heteroatoms. The molecule has 4 rings (SSSR count). The van der Waals surface area contributed by atoms with Crippen molar-refractivity contribution in [1.29, 1.82) is 0 Å². The number of carbonyl (C=O) groups excluding carboxylic acids is 2. The summed E-state index contributed by atoms with van der Waals surface area (Å²) in [6.45, 7) is 4.00. The fourth-order valence-corrected chi connectivity index (χ4v) is 4.06. The van der Waals surface area contributed by atoms with Crippen molar-refractivity contribution in [3.05, 3.63) is 53.9 Å². The van der Waals surface area contributed by atoms with Gasteiger partial charge in [0.15, 0.2) is 0 Å². The minimum atomic E-state index is -0.220.